The molecule has 0 spiro atoms. The molecule has 4 nitrogen and oxygen atoms in total. The van der Waals surface area contributed by atoms with Gasteiger partial charge in [-0.15, -0.1) is 0 Å². The average molecular weight is 223 g/mol. The number of hydrogen-bond acceptors (Lipinski definition) is 3. The molecule has 1 aromatic rings. The van der Waals surface area contributed by atoms with Gasteiger partial charge in [0, 0.05) is 0 Å². The monoisotopic (exact) mass is 223 g/mol. The van der Waals surface area contributed by atoms with Crippen molar-refractivity contribution in [2.45, 2.75) is 32.4 Å². The Hall–Kier alpha value is -1.29. The topological polar surface area (TPSA) is 51.5 Å². The first-order chi connectivity index (χ1) is 7.75. The molecule has 0 bridgehead atoms. The van der Waals surface area contributed by atoms with Crippen molar-refractivity contribution in [3.05, 3.63) is 24.2 Å². The van der Waals surface area contributed by atoms with Crippen LogP contribution in [0.1, 0.15) is 25.5 Å². The Balaban J connectivity index is 1.65. The van der Waals surface area contributed by atoms with E-state index in [0.717, 1.165) is 5.76 Å². The van der Waals surface area contributed by atoms with Gasteiger partial charge >= 0.3 is 0 Å². The van der Waals surface area contributed by atoms with Crippen molar-refractivity contribution in [2.24, 2.45) is 5.92 Å². The highest BCUT2D eigenvalue weighted by atomic mass is 16.5. The molecule has 1 aliphatic rings. The van der Waals surface area contributed by atoms with Gasteiger partial charge in [0.05, 0.1) is 19.4 Å². The van der Waals surface area contributed by atoms with E-state index in [2.05, 4.69) is 5.32 Å². The maximum atomic E-state index is 11.6. The van der Waals surface area contributed by atoms with E-state index in [1.54, 1.807) is 19.3 Å². The molecule has 1 amide bonds. The SMILES string of the molecule is CC(OCC1CC1)C(=O)NCc1ccco1. The van der Waals surface area contributed by atoms with Crippen molar-refractivity contribution in [1.29, 1.82) is 0 Å². The van der Waals surface area contributed by atoms with Crippen LogP contribution >= 0.6 is 0 Å². The zero-order valence-electron chi connectivity index (χ0n) is 9.44. The highest BCUT2D eigenvalue weighted by Crippen LogP contribution is 2.29. The van der Waals surface area contributed by atoms with Gasteiger partial charge in [-0.05, 0) is 37.8 Å². The van der Waals surface area contributed by atoms with Gasteiger partial charge < -0.3 is 14.5 Å². The van der Waals surface area contributed by atoms with Crippen LogP contribution in [0.3, 0.4) is 0 Å². The normalized spacial score (nSPS) is 17.1. The molecule has 0 aromatic carbocycles. The van der Waals surface area contributed by atoms with E-state index in [1.165, 1.54) is 12.8 Å². The molecule has 1 heterocycles. The lowest BCUT2D eigenvalue weighted by molar-refractivity contribution is -0.132. The summed E-state index contributed by atoms with van der Waals surface area (Å²) in [6, 6.07) is 3.63. The number of ether oxygens (including phenoxy) is 1. The summed E-state index contributed by atoms with van der Waals surface area (Å²) in [5.74, 6) is 1.35. The lowest BCUT2D eigenvalue weighted by Gasteiger charge is -2.12. The van der Waals surface area contributed by atoms with Gasteiger partial charge in [0.25, 0.3) is 0 Å². The van der Waals surface area contributed by atoms with E-state index in [9.17, 15) is 4.79 Å². The third-order valence-electron chi connectivity index (χ3n) is 2.67. The lowest BCUT2D eigenvalue weighted by Crippen LogP contribution is -2.34. The van der Waals surface area contributed by atoms with Crippen molar-refractivity contribution in [2.75, 3.05) is 6.61 Å². The maximum Gasteiger partial charge on any atom is 0.249 e. The van der Waals surface area contributed by atoms with Crippen LogP contribution in [0.5, 0.6) is 0 Å². The second-order valence-corrected chi connectivity index (χ2v) is 4.22. The third-order valence-corrected chi connectivity index (χ3v) is 2.67. The Kier molecular flexibility index (Phi) is 3.62. The first kappa shape index (κ1) is 11.2. The van der Waals surface area contributed by atoms with E-state index < -0.39 is 0 Å². The Morgan fingerprint density at radius 2 is 2.50 bits per heavy atom. The van der Waals surface area contributed by atoms with Gasteiger partial charge in [0.1, 0.15) is 11.9 Å². The highest BCUT2D eigenvalue weighted by molar-refractivity contribution is 5.80. The van der Waals surface area contributed by atoms with Gasteiger partial charge in [0.2, 0.25) is 5.91 Å². The molecule has 1 aromatic heterocycles. The number of rotatable bonds is 6. The summed E-state index contributed by atoms with van der Waals surface area (Å²) in [6.07, 6.45) is 3.69. The number of hydrogen-bond donors (Lipinski definition) is 1. The molecule has 4 heteroatoms. The Morgan fingerprint density at radius 1 is 1.69 bits per heavy atom. The molecular weight excluding hydrogens is 206 g/mol. The molecule has 1 saturated carbocycles. The van der Waals surface area contributed by atoms with Crippen LogP contribution in [-0.2, 0) is 16.1 Å². The molecule has 1 atom stereocenters. The van der Waals surface area contributed by atoms with Gasteiger partial charge in [-0.3, -0.25) is 4.79 Å². The van der Waals surface area contributed by atoms with Crippen LogP contribution in [0.2, 0.25) is 0 Å². The first-order valence-electron chi connectivity index (χ1n) is 5.67. The Bertz CT molecular complexity index is 330. The number of carbonyl (C=O) groups is 1. The van der Waals surface area contributed by atoms with Crippen molar-refractivity contribution in [3.8, 4) is 0 Å². The van der Waals surface area contributed by atoms with Crippen LogP contribution in [0, 0.1) is 5.92 Å². The lowest BCUT2D eigenvalue weighted by atomic mass is 10.3. The standard InChI is InChI=1S/C12H17NO3/c1-9(16-8-10-4-5-10)12(14)13-7-11-3-2-6-15-11/h2-3,6,9-10H,4-5,7-8H2,1H3,(H,13,14). The zero-order chi connectivity index (χ0) is 11.4. The summed E-state index contributed by atoms with van der Waals surface area (Å²) in [7, 11) is 0. The van der Waals surface area contributed by atoms with Crippen molar-refractivity contribution in [1.82, 2.24) is 5.32 Å². The maximum absolute atomic E-state index is 11.6. The Morgan fingerprint density at radius 3 is 3.12 bits per heavy atom. The van der Waals surface area contributed by atoms with Crippen molar-refractivity contribution in [3.63, 3.8) is 0 Å². The van der Waals surface area contributed by atoms with Crippen LogP contribution in [0.25, 0.3) is 0 Å². The second kappa shape index (κ2) is 5.16. The predicted molar refractivity (Wildman–Crippen MR) is 58.7 cm³/mol. The zero-order valence-corrected chi connectivity index (χ0v) is 9.44. The van der Waals surface area contributed by atoms with E-state index in [1.807, 2.05) is 6.07 Å². The molecule has 1 unspecified atom stereocenters. The minimum atomic E-state index is -0.379. The molecule has 16 heavy (non-hydrogen) atoms. The van der Waals surface area contributed by atoms with Gasteiger partial charge in [0.15, 0.2) is 0 Å². The minimum Gasteiger partial charge on any atom is -0.467 e. The fourth-order valence-electron chi connectivity index (χ4n) is 1.37. The fraction of sp³-hybridized carbons (Fsp3) is 0.583. The Labute approximate surface area is 95.0 Å². The largest absolute Gasteiger partial charge is 0.467 e. The average Bonchev–Trinajstić information content (AvgIpc) is 2.97. The molecular formula is C12H17NO3. The molecule has 2 rings (SSSR count). The van der Waals surface area contributed by atoms with E-state index >= 15 is 0 Å². The summed E-state index contributed by atoms with van der Waals surface area (Å²) >= 11 is 0. The molecule has 0 saturated heterocycles. The molecule has 1 fully saturated rings. The summed E-state index contributed by atoms with van der Waals surface area (Å²) < 4.78 is 10.6. The second-order valence-electron chi connectivity index (χ2n) is 4.22. The van der Waals surface area contributed by atoms with Crippen LogP contribution < -0.4 is 5.32 Å². The summed E-state index contributed by atoms with van der Waals surface area (Å²) in [5, 5.41) is 2.77. The van der Waals surface area contributed by atoms with Gasteiger partial charge in [-0.1, -0.05) is 0 Å². The van der Waals surface area contributed by atoms with Crippen LogP contribution in [0.4, 0.5) is 0 Å². The smallest absolute Gasteiger partial charge is 0.249 e. The number of amides is 1. The van der Waals surface area contributed by atoms with Gasteiger partial charge in [-0.2, -0.15) is 0 Å². The molecule has 1 N–H and O–H groups in total. The molecule has 88 valence electrons. The summed E-state index contributed by atoms with van der Waals surface area (Å²) in [6.45, 7) is 2.90. The van der Waals surface area contributed by atoms with E-state index in [0.29, 0.717) is 19.1 Å². The first-order valence-corrected chi connectivity index (χ1v) is 5.67. The minimum absolute atomic E-state index is 0.0861. The number of nitrogens with one attached hydrogen (secondary N) is 1. The van der Waals surface area contributed by atoms with E-state index in [-0.39, 0.29) is 12.0 Å². The van der Waals surface area contributed by atoms with Crippen molar-refractivity contribution < 1.29 is 13.9 Å². The quantitative estimate of drug-likeness (QED) is 0.798. The fourth-order valence-corrected chi connectivity index (χ4v) is 1.37. The summed E-state index contributed by atoms with van der Waals surface area (Å²) in [5.41, 5.74) is 0. The van der Waals surface area contributed by atoms with E-state index in [4.69, 9.17) is 9.15 Å². The molecule has 1 aliphatic carbocycles. The number of furan rings is 1. The van der Waals surface area contributed by atoms with Crippen LogP contribution in [0.15, 0.2) is 22.8 Å². The summed E-state index contributed by atoms with van der Waals surface area (Å²) in [4.78, 5) is 11.6. The molecule has 0 aliphatic heterocycles. The molecule has 0 radical (unpaired) electrons. The van der Waals surface area contributed by atoms with Crippen LogP contribution in [-0.4, -0.2) is 18.6 Å². The number of carbonyl (C=O) groups excluding carboxylic acids is 1. The third kappa shape index (κ3) is 3.38. The highest BCUT2D eigenvalue weighted by Gasteiger charge is 2.23. The predicted octanol–water partition coefficient (Wildman–Crippen LogP) is 1.71. The van der Waals surface area contributed by atoms with Gasteiger partial charge in [-0.25, -0.2) is 0 Å². The van der Waals surface area contributed by atoms with Crippen molar-refractivity contribution >= 4 is 5.91 Å².